The van der Waals surface area contributed by atoms with Crippen LogP contribution in [0, 0.1) is 6.92 Å². The van der Waals surface area contributed by atoms with Crippen LogP contribution in [0.4, 0.5) is 5.69 Å². The number of amides is 1. The number of unbranched alkanes of at least 4 members (excludes halogenated alkanes) is 1. The van der Waals surface area contributed by atoms with E-state index in [0.717, 1.165) is 36.1 Å². The zero-order valence-electron chi connectivity index (χ0n) is 18.2. The lowest BCUT2D eigenvalue weighted by Crippen LogP contribution is -2.31. The van der Waals surface area contributed by atoms with Crippen molar-refractivity contribution in [3.8, 4) is 0 Å². The van der Waals surface area contributed by atoms with Gasteiger partial charge in [0.2, 0.25) is 5.91 Å². The van der Waals surface area contributed by atoms with Crippen LogP contribution < -0.4 is 4.90 Å². The highest BCUT2D eigenvalue weighted by Crippen LogP contribution is 2.32. The van der Waals surface area contributed by atoms with Crippen molar-refractivity contribution in [2.75, 3.05) is 19.0 Å². The molecule has 1 amide bonds. The minimum Gasteiger partial charge on any atom is -0.378 e. The molecule has 1 saturated heterocycles. The Bertz CT molecular complexity index is 921. The van der Waals surface area contributed by atoms with Crippen molar-refractivity contribution in [2.45, 2.75) is 44.9 Å². The first kappa shape index (κ1) is 22.1. The van der Waals surface area contributed by atoms with Crippen LogP contribution in [0.25, 0.3) is 0 Å². The van der Waals surface area contributed by atoms with E-state index in [1.165, 1.54) is 17.3 Å². The fourth-order valence-electron chi connectivity index (χ4n) is 3.27. The molecule has 0 radical (unpaired) electrons. The molecule has 2 aromatic rings. The largest absolute Gasteiger partial charge is 0.378 e. The zero-order chi connectivity index (χ0) is 21.5. The van der Waals surface area contributed by atoms with Gasteiger partial charge in [0.25, 0.3) is 0 Å². The molecule has 0 saturated carbocycles. The third-order valence-electron chi connectivity index (χ3n) is 5.19. The van der Waals surface area contributed by atoms with Crippen molar-refractivity contribution in [1.82, 2.24) is 4.90 Å². The van der Waals surface area contributed by atoms with Crippen LogP contribution in [-0.2, 0) is 11.3 Å². The first-order chi connectivity index (χ1) is 14.5. The molecule has 1 unspecified atom stereocenters. The molecule has 0 N–H and O–H groups in total. The van der Waals surface area contributed by atoms with E-state index in [1.54, 1.807) is 11.1 Å². The summed E-state index contributed by atoms with van der Waals surface area (Å²) in [5.41, 5.74) is 4.43. The molecular formula is C24H30N4OS. The fourth-order valence-corrected chi connectivity index (χ4v) is 4.41. The highest BCUT2D eigenvalue weighted by Gasteiger charge is 2.37. The third kappa shape index (κ3) is 5.51. The van der Waals surface area contributed by atoms with E-state index < -0.39 is 0 Å². The van der Waals surface area contributed by atoms with Crippen LogP contribution in [0.1, 0.15) is 42.9 Å². The minimum atomic E-state index is -0.0673. The standard InChI is InChI=1S/C24H30N4OS/c1-5-6-11-22-23(29)28(17-20-10-8-7-9-18(20)2)24(30-22)26-25-16-19-12-14-21(15-13-19)27(3)4/h7-10,12-16,22H,5-6,11,17H2,1-4H3. The number of thioether (sulfide) groups is 1. The summed E-state index contributed by atoms with van der Waals surface area (Å²) in [7, 11) is 4.03. The number of nitrogens with zero attached hydrogens (tertiary/aromatic N) is 4. The normalized spacial score (nSPS) is 18.0. The molecule has 0 aliphatic carbocycles. The molecule has 158 valence electrons. The quantitative estimate of drug-likeness (QED) is 0.440. The van der Waals surface area contributed by atoms with Crippen LogP contribution in [0.15, 0.2) is 58.7 Å². The van der Waals surface area contributed by atoms with Crippen LogP contribution in [-0.4, -0.2) is 41.5 Å². The van der Waals surface area contributed by atoms with Crippen LogP contribution >= 0.6 is 11.8 Å². The van der Waals surface area contributed by atoms with Gasteiger partial charge in [0, 0.05) is 19.8 Å². The highest BCUT2D eigenvalue weighted by atomic mass is 32.2. The second-order valence-corrected chi connectivity index (χ2v) is 8.88. The molecule has 0 bridgehead atoms. The molecule has 1 aliphatic heterocycles. The number of aryl methyl sites for hydroxylation is 1. The topological polar surface area (TPSA) is 48.3 Å². The van der Waals surface area contributed by atoms with Crippen molar-refractivity contribution in [1.29, 1.82) is 0 Å². The number of hydrogen-bond donors (Lipinski definition) is 0. The van der Waals surface area contributed by atoms with Gasteiger partial charge in [-0.15, -0.1) is 5.10 Å². The van der Waals surface area contributed by atoms with Crippen molar-refractivity contribution in [3.05, 3.63) is 65.2 Å². The Hall–Kier alpha value is -2.60. The Balaban J connectivity index is 1.79. The number of hydrogen-bond acceptors (Lipinski definition) is 5. The van der Waals surface area contributed by atoms with Gasteiger partial charge in [0.1, 0.15) is 0 Å². The maximum Gasteiger partial charge on any atom is 0.242 e. The van der Waals surface area contributed by atoms with E-state index in [1.807, 2.05) is 50.5 Å². The average Bonchev–Trinajstić information content (AvgIpc) is 3.03. The van der Waals surface area contributed by atoms with Gasteiger partial charge in [-0.3, -0.25) is 9.69 Å². The van der Waals surface area contributed by atoms with Gasteiger partial charge in [-0.25, -0.2) is 0 Å². The number of benzene rings is 2. The summed E-state index contributed by atoms with van der Waals surface area (Å²) >= 11 is 1.54. The maximum absolute atomic E-state index is 13.0. The van der Waals surface area contributed by atoms with Gasteiger partial charge >= 0.3 is 0 Å². The number of amidine groups is 1. The molecule has 30 heavy (non-hydrogen) atoms. The molecule has 3 rings (SSSR count). The van der Waals surface area contributed by atoms with Gasteiger partial charge in [-0.1, -0.05) is 67.9 Å². The Labute approximate surface area is 183 Å². The van der Waals surface area contributed by atoms with E-state index >= 15 is 0 Å². The molecule has 0 spiro atoms. The van der Waals surface area contributed by atoms with Crippen molar-refractivity contribution in [3.63, 3.8) is 0 Å². The number of anilines is 1. The summed E-state index contributed by atoms with van der Waals surface area (Å²) in [6.07, 6.45) is 4.73. The van der Waals surface area contributed by atoms with E-state index in [2.05, 4.69) is 41.1 Å². The van der Waals surface area contributed by atoms with Gasteiger partial charge in [0.05, 0.1) is 18.0 Å². The monoisotopic (exact) mass is 422 g/mol. The molecule has 0 aromatic heterocycles. The number of carbonyl (C=O) groups excluding carboxylic acids is 1. The van der Waals surface area contributed by atoms with E-state index in [0.29, 0.717) is 11.7 Å². The predicted octanol–water partition coefficient (Wildman–Crippen LogP) is 5.09. The van der Waals surface area contributed by atoms with Gasteiger partial charge < -0.3 is 4.90 Å². The lowest BCUT2D eigenvalue weighted by atomic mass is 10.1. The molecular weight excluding hydrogens is 392 g/mol. The Morgan fingerprint density at radius 3 is 2.53 bits per heavy atom. The molecule has 5 nitrogen and oxygen atoms in total. The summed E-state index contributed by atoms with van der Waals surface area (Å²) in [5.74, 6) is 0.140. The van der Waals surface area contributed by atoms with E-state index in [9.17, 15) is 4.79 Å². The zero-order valence-corrected chi connectivity index (χ0v) is 19.0. The smallest absolute Gasteiger partial charge is 0.242 e. The van der Waals surface area contributed by atoms with E-state index in [-0.39, 0.29) is 11.2 Å². The summed E-state index contributed by atoms with van der Waals surface area (Å²) in [6.45, 7) is 4.76. The second-order valence-electron chi connectivity index (χ2n) is 7.71. The number of carbonyl (C=O) groups is 1. The summed E-state index contributed by atoms with van der Waals surface area (Å²) in [6, 6.07) is 16.3. The van der Waals surface area contributed by atoms with Crippen LogP contribution in [0.5, 0.6) is 0 Å². The fraction of sp³-hybridized carbons (Fsp3) is 0.375. The van der Waals surface area contributed by atoms with Crippen LogP contribution in [0.2, 0.25) is 0 Å². The molecule has 6 heteroatoms. The average molecular weight is 423 g/mol. The lowest BCUT2D eigenvalue weighted by Gasteiger charge is -2.17. The molecule has 2 aromatic carbocycles. The van der Waals surface area contributed by atoms with Gasteiger partial charge in [-0.2, -0.15) is 5.10 Å². The number of rotatable bonds is 8. The minimum absolute atomic E-state index is 0.0673. The first-order valence-electron chi connectivity index (χ1n) is 10.4. The van der Waals surface area contributed by atoms with Crippen LogP contribution in [0.3, 0.4) is 0 Å². The second kappa shape index (κ2) is 10.4. The van der Waals surface area contributed by atoms with Gasteiger partial charge in [-0.05, 0) is 42.2 Å². The lowest BCUT2D eigenvalue weighted by molar-refractivity contribution is -0.126. The summed E-state index contributed by atoms with van der Waals surface area (Å²) in [5, 5.41) is 9.35. The van der Waals surface area contributed by atoms with Crippen molar-refractivity contribution < 1.29 is 4.79 Å². The molecule has 1 fully saturated rings. The van der Waals surface area contributed by atoms with Crippen molar-refractivity contribution in [2.24, 2.45) is 10.2 Å². The maximum atomic E-state index is 13.0. The van der Waals surface area contributed by atoms with Crippen molar-refractivity contribution >= 4 is 34.7 Å². The molecule has 1 atom stereocenters. The Kier molecular flexibility index (Phi) is 7.69. The van der Waals surface area contributed by atoms with E-state index in [4.69, 9.17) is 0 Å². The summed E-state index contributed by atoms with van der Waals surface area (Å²) < 4.78 is 0. The Morgan fingerprint density at radius 2 is 1.87 bits per heavy atom. The Morgan fingerprint density at radius 1 is 1.13 bits per heavy atom. The van der Waals surface area contributed by atoms with Gasteiger partial charge in [0.15, 0.2) is 5.17 Å². The molecule has 1 heterocycles. The third-order valence-corrected chi connectivity index (χ3v) is 6.42. The predicted molar refractivity (Wildman–Crippen MR) is 128 cm³/mol. The molecule has 1 aliphatic rings. The highest BCUT2D eigenvalue weighted by molar-refractivity contribution is 8.15. The SMILES string of the molecule is CCCCC1SC(=NN=Cc2ccc(N(C)C)cc2)N(Cc2ccccc2C)C1=O. The first-order valence-corrected chi connectivity index (χ1v) is 11.3. The summed E-state index contributed by atoms with van der Waals surface area (Å²) in [4.78, 5) is 16.9.